The van der Waals surface area contributed by atoms with Gasteiger partial charge in [0.2, 0.25) is 0 Å². The number of hydrogen-bond acceptors (Lipinski definition) is 5. The van der Waals surface area contributed by atoms with Crippen LogP contribution in [0.3, 0.4) is 0 Å². The highest BCUT2D eigenvalue weighted by Crippen LogP contribution is 2.35. The van der Waals surface area contributed by atoms with Crippen LogP contribution in [0.1, 0.15) is 11.1 Å². The van der Waals surface area contributed by atoms with E-state index in [0.717, 1.165) is 11.3 Å². The molecule has 0 saturated carbocycles. The predicted octanol–water partition coefficient (Wildman–Crippen LogP) is 3.48. The van der Waals surface area contributed by atoms with Crippen molar-refractivity contribution in [2.24, 2.45) is 0 Å². The number of nitrogens with one attached hydrogen (secondary N) is 1. The van der Waals surface area contributed by atoms with E-state index >= 15 is 0 Å². The molecule has 0 fully saturated rings. The third-order valence-corrected chi connectivity index (χ3v) is 4.65. The fourth-order valence-electron chi connectivity index (χ4n) is 3.28. The minimum absolute atomic E-state index is 0.143. The molecule has 0 saturated heterocycles. The first kappa shape index (κ1) is 18.4. The third-order valence-electron chi connectivity index (χ3n) is 4.65. The van der Waals surface area contributed by atoms with Gasteiger partial charge in [0.15, 0.2) is 0 Å². The van der Waals surface area contributed by atoms with Gasteiger partial charge in [0, 0.05) is 23.6 Å². The molecule has 2 amide bonds. The number of methoxy groups -OCH3 is 1. The van der Waals surface area contributed by atoms with Gasteiger partial charge in [-0.2, -0.15) is 0 Å². The first-order chi connectivity index (χ1) is 14.2. The Bertz CT molecular complexity index is 1080. The Morgan fingerprint density at radius 2 is 1.69 bits per heavy atom. The van der Waals surface area contributed by atoms with Crippen molar-refractivity contribution in [2.45, 2.75) is 6.54 Å². The van der Waals surface area contributed by atoms with Crippen LogP contribution in [-0.4, -0.2) is 28.8 Å². The van der Waals surface area contributed by atoms with Crippen LogP contribution in [-0.2, 0) is 16.1 Å². The van der Waals surface area contributed by atoms with Crippen molar-refractivity contribution in [1.82, 2.24) is 9.88 Å². The minimum atomic E-state index is -0.386. The van der Waals surface area contributed by atoms with E-state index in [4.69, 9.17) is 4.74 Å². The summed E-state index contributed by atoms with van der Waals surface area (Å²) in [6.07, 6.45) is 3.30. The van der Waals surface area contributed by atoms with Gasteiger partial charge in [0.25, 0.3) is 11.8 Å². The van der Waals surface area contributed by atoms with Crippen LogP contribution in [0.5, 0.6) is 5.75 Å². The van der Waals surface area contributed by atoms with Crippen molar-refractivity contribution in [3.8, 4) is 5.75 Å². The van der Waals surface area contributed by atoms with E-state index in [1.54, 1.807) is 37.7 Å². The van der Waals surface area contributed by atoms with Crippen LogP contribution >= 0.6 is 0 Å². The molecular formula is C23H19N3O3. The lowest BCUT2D eigenvalue weighted by atomic mass is 10.0. The maximum atomic E-state index is 13.3. The second kappa shape index (κ2) is 7.98. The van der Waals surface area contributed by atoms with Crippen molar-refractivity contribution >= 4 is 23.1 Å². The fraction of sp³-hybridized carbons (Fsp3) is 0.0870. The van der Waals surface area contributed by atoms with Gasteiger partial charge < -0.3 is 10.1 Å². The van der Waals surface area contributed by atoms with Gasteiger partial charge in [-0.25, -0.2) is 0 Å². The summed E-state index contributed by atoms with van der Waals surface area (Å²) in [5, 5.41) is 3.13. The average molecular weight is 385 g/mol. The number of pyridine rings is 1. The number of rotatable bonds is 6. The largest absolute Gasteiger partial charge is 0.496 e. The maximum absolute atomic E-state index is 13.3. The minimum Gasteiger partial charge on any atom is -0.496 e. The molecule has 2 heterocycles. The van der Waals surface area contributed by atoms with Crippen LogP contribution in [0.15, 0.2) is 84.8 Å². The van der Waals surface area contributed by atoms with Gasteiger partial charge in [0.1, 0.15) is 11.4 Å². The molecule has 0 atom stereocenters. The Kier molecular flexibility index (Phi) is 5.07. The molecule has 144 valence electrons. The molecule has 0 radical (unpaired) electrons. The molecule has 0 aliphatic carbocycles. The Morgan fingerprint density at radius 1 is 0.931 bits per heavy atom. The van der Waals surface area contributed by atoms with Crippen LogP contribution in [0.2, 0.25) is 0 Å². The van der Waals surface area contributed by atoms with Crippen molar-refractivity contribution in [1.29, 1.82) is 0 Å². The molecule has 1 aliphatic heterocycles. The Morgan fingerprint density at radius 3 is 2.41 bits per heavy atom. The van der Waals surface area contributed by atoms with E-state index in [1.165, 1.54) is 4.90 Å². The van der Waals surface area contributed by atoms with E-state index < -0.39 is 0 Å². The summed E-state index contributed by atoms with van der Waals surface area (Å²) < 4.78 is 5.44. The van der Waals surface area contributed by atoms with Gasteiger partial charge in [-0.1, -0.05) is 42.5 Å². The number of ether oxygens (including phenoxy) is 1. The quantitative estimate of drug-likeness (QED) is 0.658. The lowest BCUT2D eigenvalue weighted by Gasteiger charge is -2.15. The number of imide groups is 1. The van der Waals surface area contributed by atoms with E-state index in [0.29, 0.717) is 16.9 Å². The molecule has 0 bridgehead atoms. The van der Waals surface area contributed by atoms with Crippen LogP contribution in [0, 0.1) is 0 Å². The normalized spacial score (nSPS) is 13.8. The smallest absolute Gasteiger partial charge is 0.278 e. The van der Waals surface area contributed by atoms with Crippen LogP contribution < -0.4 is 10.1 Å². The molecule has 6 heteroatoms. The van der Waals surface area contributed by atoms with Crippen LogP contribution in [0.4, 0.5) is 5.69 Å². The summed E-state index contributed by atoms with van der Waals surface area (Å²) in [6.45, 7) is 0.143. The van der Waals surface area contributed by atoms with E-state index in [1.807, 2.05) is 48.5 Å². The molecule has 1 aromatic heterocycles. The Hall–Kier alpha value is -3.93. The number of carbonyl (C=O) groups excluding carboxylic acids is 2. The fourth-order valence-corrected chi connectivity index (χ4v) is 3.28. The topological polar surface area (TPSA) is 71.5 Å². The summed E-state index contributed by atoms with van der Waals surface area (Å²) >= 11 is 0. The zero-order valence-corrected chi connectivity index (χ0v) is 15.8. The summed E-state index contributed by atoms with van der Waals surface area (Å²) in [5.74, 6) is -0.232. The Labute approximate surface area is 168 Å². The van der Waals surface area contributed by atoms with Gasteiger partial charge >= 0.3 is 0 Å². The van der Waals surface area contributed by atoms with Gasteiger partial charge in [-0.3, -0.25) is 19.5 Å². The molecule has 1 aliphatic rings. The summed E-state index contributed by atoms with van der Waals surface area (Å²) in [6, 6.07) is 20.1. The van der Waals surface area contributed by atoms with Gasteiger partial charge in [0.05, 0.1) is 19.2 Å². The molecule has 0 unspecified atom stereocenters. The third kappa shape index (κ3) is 3.60. The molecule has 3 aromatic rings. The number of hydrogen-bond donors (Lipinski definition) is 1. The first-order valence-electron chi connectivity index (χ1n) is 9.14. The zero-order chi connectivity index (χ0) is 20.2. The second-order valence-electron chi connectivity index (χ2n) is 6.50. The highest BCUT2D eigenvalue weighted by molar-refractivity contribution is 6.36. The van der Waals surface area contributed by atoms with Gasteiger partial charge in [-0.15, -0.1) is 0 Å². The standard InChI is InChI=1S/C23H19N3O3/c1-29-19-12-6-5-11-18(19)20-21(25-17-9-3-2-4-10-17)23(28)26(22(20)27)15-16-8-7-13-24-14-16/h2-14,25H,15H2,1H3. The SMILES string of the molecule is COc1ccccc1C1=C(Nc2ccccc2)C(=O)N(Cc2cccnc2)C1=O. The van der Waals surface area contributed by atoms with E-state index in [9.17, 15) is 9.59 Å². The van der Waals surface area contributed by atoms with E-state index in [2.05, 4.69) is 10.3 Å². The van der Waals surface area contributed by atoms with Crippen molar-refractivity contribution in [3.63, 3.8) is 0 Å². The highest BCUT2D eigenvalue weighted by Gasteiger charge is 2.40. The monoisotopic (exact) mass is 385 g/mol. The van der Waals surface area contributed by atoms with Crippen molar-refractivity contribution in [3.05, 3.63) is 95.9 Å². The molecule has 2 aromatic carbocycles. The van der Waals surface area contributed by atoms with Gasteiger partial charge in [-0.05, 0) is 29.8 Å². The average Bonchev–Trinajstić information content (AvgIpc) is 2.99. The first-order valence-corrected chi connectivity index (χ1v) is 9.14. The molecule has 1 N–H and O–H groups in total. The number of carbonyl (C=O) groups is 2. The zero-order valence-electron chi connectivity index (χ0n) is 15.8. The number of para-hydroxylation sites is 2. The van der Waals surface area contributed by atoms with Crippen LogP contribution in [0.25, 0.3) is 5.57 Å². The van der Waals surface area contributed by atoms with Crippen molar-refractivity contribution < 1.29 is 14.3 Å². The summed E-state index contributed by atoms with van der Waals surface area (Å²) in [7, 11) is 1.54. The number of anilines is 1. The number of benzene rings is 2. The predicted molar refractivity (Wildman–Crippen MR) is 110 cm³/mol. The molecular weight excluding hydrogens is 366 g/mol. The highest BCUT2D eigenvalue weighted by atomic mass is 16.5. The molecule has 29 heavy (non-hydrogen) atoms. The number of aromatic nitrogens is 1. The molecule has 6 nitrogen and oxygen atoms in total. The lowest BCUT2D eigenvalue weighted by Crippen LogP contribution is -2.32. The molecule has 0 spiro atoms. The lowest BCUT2D eigenvalue weighted by molar-refractivity contribution is -0.137. The maximum Gasteiger partial charge on any atom is 0.278 e. The second-order valence-corrected chi connectivity index (χ2v) is 6.50. The number of amides is 2. The Balaban J connectivity index is 1.78. The van der Waals surface area contributed by atoms with E-state index in [-0.39, 0.29) is 24.1 Å². The molecule has 4 rings (SSSR count). The summed E-state index contributed by atoms with van der Waals surface area (Å²) in [5.41, 5.74) is 2.59. The summed E-state index contributed by atoms with van der Waals surface area (Å²) in [4.78, 5) is 31.8. The number of nitrogens with zero attached hydrogens (tertiary/aromatic N) is 2. The van der Waals surface area contributed by atoms with Crippen molar-refractivity contribution in [2.75, 3.05) is 12.4 Å².